The highest BCUT2D eigenvalue weighted by Crippen LogP contribution is 2.25. The SMILES string of the molecule is CCC(C)(C(=O)Nc1ccc(OC(C)C)cc1)C(N)=S. The van der Waals surface area contributed by atoms with Gasteiger partial charge in [-0.1, -0.05) is 19.1 Å². The number of carbonyl (C=O) groups is 1. The Morgan fingerprint density at radius 2 is 1.95 bits per heavy atom. The number of benzene rings is 1. The lowest BCUT2D eigenvalue weighted by Gasteiger charge is -2.25. The first-order valence-corrected chi connectivity index (χ1v) is 7.08. The van der Waals surface area contributed by atoms with E-state index in [-0.39, 0.29) is 17.0 Å². The van der Waals surface area contributed by atoms with Gasteiger partial charge in [0, 0.05) is 5.69 Å². The summed E-state index contributed by atoms with van der Waals surface area (Å²) in [7, 11) is 0. The lowest BCUT2D eigenvalue weighted by Crippen LogP contribution is -2.43. The first-order valence-electron chi connectivity index (χ1n) is 6.67. The van der Waals surface area contributed by atoms with Crippen molar-refractivity contribution in [2.24, 2.45) is 11.1 Å². The van der Waals surface area contributed by atoms with Gasteiger partial charge in [0.2, 0.25) is 5.91 Å². The maximum Gasteiger partial charge on any atom is 0.237 e. The quantitative estimate of drug-likeness (QED) is 0.791. The zero-order valence-corrected chi connectivity index (χ0v) is 13.2. The van der Waals surface area contributed by atoms with Crippen molar-refractivity contribution < 1.29 is 9.53 Å². The van der Waals surface area contributed by atoms with Crippen molar-refractivity contribution >= 4 is 28.8 Å². The van der Waals surface area contributed by atoms with Crippen molar-refractivity contribution in [1.82, 2.24) is 0 Å². The van der Waals surface area contributed by atoms with Crippen molar-refractivity contribution in [1.29, 1.82) is 0 Å². The van der Waals surface area contributed by atoms with Gasteiger partial charge in [-0.2, -0.15) is 0 Å². The van der Waals surface area contributed by atoms with Gasteiger partial charge in [0.25, 0.3) is 0 Å². The highest BCUT2D eigenvalue weighted by Gasteiger charge is 2.34. The predicted octanol–water partition coefficient (Wildman–Crippen LogP) is 3.11. The third kappa shape index (κ3) is 3.93. The molecule has 20 heavy (non-hydrogen) atoms. The van der Waals surface area contributed by atoms with E-state index in [1.54, 1.807) is 19.1 Å². The van der Waals surface area contributed by atoms with Gasteiger partial charge in [0.15, 0.2) is 0 Å². The molecule has 1 unspecified atom stereocenters. The second-order valence-electron chi connectivity index (χ2n) is 5.20. The topological polar surface area (TPSA) is 64.3 Å². The first-order chi connectivity index (χ1) is 9.29. The summed E-state index contributed by atoms with van der Waals surface area (Å²) < 4.78 is 5.55. The molecule has 3 N–H and O–H groups in total. The van der Waals surface area contributed by atoms with E-state index in [1.807, 2.05) is 32.9 Å². The Morgan fingerprint density at radius 3 is 2.35 bits per heavy atom. The number of hydrogen-bond acceptors (Lipinski definition) is 3. The summed E-state index contributed by atoms with van der Waals surface area (Å²) in [6.45, 7) is 7.56. The molecule has 0 heterocycles. The van der Waals surface area contributed by atoms with Crippen LogP contribution in [0, 0.1) is 5.41 Å². The molecule has 1 aromatic carbocycles. The summed E-state index contributed by atoms with van der Waals surface area (Å²) >= 11 is 4.99. The molecule has 0 aliphatic carbocycles. The summed E-state index contributed by atoms with van der Waals surface area (Å²) in [5.41, 5.74) is 5.53. The van der Waals surface area contributed by atoms with Gasteiger partial charge >= 0.3 is 0 Å². The largest absolute Gasteiger partial charge is 0.491 e. The van der Waals surface area contributed by atoms with Gasteiger partial charge in [-0.05, 0) is 51.5 Å². The summed E-state index contributed by atoms with van der Waals surface area (Å²) in [6.07, 6.45) is 0.677. The molecule has 0 spiro atoms. The van der Waals surface area contributed by atoms with E-state index in [4.69, 9.17) is 22.7 Å². The van der Waals surface area contributed by atoms with E-state index in [0.717, 1.165) is 5.75 Å². The van der Waals surface area contributed by atoms with E-state index < -0.39 is 5.41 Å². The van der Waals surface area contributed by atoms with Crippen LogP contribution in [0.4, 0.5) is 5.69 Å². The third-order valence-electron chi connectivity index (χ3n) is 3.24. The van der Waals surface area contributed by atoms with Crippen LogP contribution in [0.5, 0.6) is 5.75 Å². The van der Waals surface area contributed by atoms with Crippen LogP contribution < -0.4 is 15.8 Å². The van der Waals surface area contributed by atoms with E-state index in [2.05, 4.69) is 5.32 Å². The molecule has 0 aliphatic heterocycles. The Labute approximate surface area is 125 Å². The smallest absolute Gasteiger partial charge is 0.237 e. The van der Waals surface area contributed by atoms with Crippen LogP contribution in [-0.4, -0.2) is 17.0 Å². The molecule has 0 aromatic heterocycles. The molecule has 4 nitrogen and oxygen atoms in total. The number of hydrogen-bond donors (Lipinski definition) is 2. The van der Waals surface area contributed by atoms with E-state index in [1.165, 1.54) is 0 Å². The van der Waals surface area contributed by atoms with Gasteiger partial charge < -0.3 is 15.8 Å². The Kier molecular flexibility index (Phi) is 5.51. The van der Waals surface area contributed by atoms with Crippen LogP contribution in [0.1, 0.15) is 34.1 Å². The average Bonchev–Trinajstić information content (AvgIpc) is 2.39. The summed E-state index contributed by atoms with van der Waals surface area (Å²) in [6, 6.07) is 7.23. The van der Waals surface area contributed by atoms with Gasteiger partial charge in [-0.15, -0.1) is 0 Å². The van der Waals surface area contributed by atoms with Gasteiger partial charge in [-0.3, -0.25) is 4.79 Å². The zero-order chi connectivity index (χ0) is 15.3. The monoisotopic (exact) mass is 294 g/mol. The minimum Gasteiger partial charge on any atom is -0.491 e. The molecular weight excluding hydrogens is 272 g/mol. The highest BCUT2D eigenvalue weighted by molar-refractivity contribution is 7.80. The number of nitrogens with one attached hydrogen (secondary N) is 1. The molecule has 1 aromatic rings. The Hall–Kier alpha value is -1.62. The normalized spacial score (nSPS) is 13.7. The fourth-order valence-electron chi connectivity index (χ4n) is 1.60. The lowest BCUT2D eigenvalue weighted by molar-refractivity contribution is -0.121. The van der Waals surface area contributed by atoms with Crippen LogP contribution in [0.15, 0.2) is 24.3 Å². The van der Waals surface area contributed by atoms with Gasteiger partial charge in [-0.25, -0.2) is 0 Å². The maximum absolute atomic E-state index is 12.3. The number of ether oxygens (including phenoxy) is 1. The van der Waals surface area contributed by atoms with Crippen molar-refractivity contribution in [3.63, 3.8) is 0 Å². The number of thiocarbonyl (C=S) groups is 1. The van der Waals surface area contributed by atoms with Crippen LogP contribution >= 0.6 is 12.2 Å². The number of rotatable bonds is 6. The van der Waals surface area contributed by atoms with Gasteiger partial charge in [0.1, 0.15) is 5.75 Å². The number of nitrogens with two attached hydrogens (primary N) is 1. The molecule has 1 amide bonds. The van der Waals surface area contributed by atoms with Crippen LogP contribution in [0.3, 0.4) is 0 Å². The average molecular weight is 294 g/mol. The van der Waals surface area contributed by atoms with Crippen molar-refractivity contribution in [3.8, 4) is 5.75 Å². The number of carbonyl (C=O) groups excluding carboxylic acids is 1. The summed E-state index contributed by atoms with van der Waals surface area (Å²) in [5, 5.41) is 2.83. The minimum atomic E-state index is -0.831. The Bertz CT molecular complexity index is 485. The predicted molar refractivity (Wildman–Crippen MR) is 86.0 cm³/mol. The van der Waals surface area contributed by atoms with Crippen LogP contribution in [-0.2, 0) is 4.79 Å². The second-order valence-corrected chi connectivity index (χ2v) is 5.63. The number of amides is 1. The molecule has 0 bridgehead atoms. The molecular formula is C15H22N2O2S. The van der Waals surface area contributed by atoms with Crippen molar-refractivity contribution in [2.45, 2.75) is 40.2 Å². The molecule has 0 saturated carbocycles. The lowest BCUT2D eigenvalue weighted by atomic mass is 9.86. The fraction of sp³-hybridized carbons (Fsp3) is 0.467. The second kappa shape index (κ2) is 6.70. The standard InChI is InChI=1S/C15H22N2O2S/c1-5-15(4,13(16)20)14(18)17-11-6-8-12(9-7-11)19-10(2)3/h6-10H,5H2,1-4H3,(H2,16,20)(H,17,18). The first kappa shape index (κ1) is 16.4. The molecule has 1 rings (SSSR count). The van der Waals surface area contributed by atoms with E-state index in [0.29, 0.717) is 12.1 Å². The number of anilines is 1. The van der Waals surface area contributed by atoms with Crippen molar-refractivity contribution in [3.05, 3.63) is 24.3 Å². The third-order valence-corrected chi connectivity index (χ3v) is 3.69. The molecule has 5 heteroatoms. The van der Waals surface area contributed by atoms with Crippen LogP contribution in [0.2, 0.25) is 0 Å². The summed E-state index contributed by atoms with van der Waals surface area (Å²) in [5.74, 6) is 0.579. The molecule has 110 valence electrons. The molecule has 1 atom stereocenters. The molecule has 0 aliphatic rings. The summed E-state index contributed by atoms with van der Waals surface area (Å²) in [4.78, 5) is 12.5. The molecule has 0 radical (unpaired) electrons. The van der Waals surface area contributed by atoms with Crippen LogP contribution in [0.25, 0.3) is 0 Å². The Morgan fingerprint density at radius 1 is 1.40 bits per heavy atom. The van der Waals surface area contributed by atoms with Crippen molar-refractivity contribution in [2.75, 3.05) is 5.32 Å². The maximum atomic E-state index is 12.3. The van der Waals surface area contributed by atoms with E-state index in [9.17, 15) is 4.79 Å². The highest BCUT2D eigenvalue weighted by atomic mass is 32.1. The Balaban J connectivity index is 2.78. The fourth-order valence-corrected chi connectivity index (χ4v) is 1.84. The van der Waals surface area contributed by atoms with Gasteiger partial charge in [0.05, 0.1) is 16.5 Å². The zero-order valence-electron chi connectivity index (χ0n) is 12.4. The van der Waals surface area contributed by atoms with E-state index >= 15 is 0 Å². The minimum absolute atomic E-state index is 0.119. The molecule has 0 saturated heterocycles. The molecule has 0 fully saturated rings.